The van der Waals surface area contributed by atoms with Crippen LogP contribution < -0.4 is 24.8 Å². The van der Waals surface area contributed by atoms with E-state index in [1.54, 1.807) is 21.3 Å². The Morgan fingerprint density at radius 2 is 1.71 bits per heavy atom. The van der Waals surface area contributed by atoms with Crippen LogP contribution in [0.2, 0.25) is 0 Å². The van der Waals surface area contributed by atoms with Gasteiger partial charge in [0.15, 0.2) is 5.96 Å². The fourth-order valence-electron chi connectivity index (χ4n) is 2.65. The molecule has 154 valence electrons. The van der Waals surface area contributed by atoms with Crippen LogP contribution in [0.1, 0.15) is 16.8 Å². The fraction of sp³-hybridized carbons (Fsp3) is 0.400. The largest absolute Gasteiger partial charge is 0.497 e. The molecule has 0 radical (unpaired) electrons. The topological polar surface area (TPSA) is 77.0 Å². The Hall–Kier alpha value is -2.23. The van der Waals surface area contributed by atoms with Gasteiger partial charge in [0.2, 0.25) is 0 Å². The average molecular weight is 500 g/mol. The Bertz CT molecular complexity index is 767. The molecule has 0 saturated carbocycles. The molecule has 8 heteroatoms. The summed E-state index contributed by atoms with van der Waals surface area (Å²) in [5.74, 6) is 3.17. The molecular weight excluding hydrogens is 471 g/mol. The summed E-state index contributed by atoms with van der Waals surface area (Å²) in [5, 5.41) is 6.48. The van der Waals surface area contributed by atoms with Crippen molar-refractivity contribution in [3.05, 3.63) is 47.3 Å². The van der Waals surface area contributed by atoms with E-state index < -0.39 is 0 Å². The van der Waals surface area contributed by atoms with Crippen LogP contribution in [-0.4, -0.2) is 45.4 Å². The quantitative estimate of drug-likeness (QED) is 0.251. The van der Waals surface area contributed by atoms with Crippen molar-refractivity contribution in [2.75, 3.05) is 34.4 Å². The molecule has 0 fully saturated rings. The molecule has 1 aromatic carbocycles. The molecule has 0 aliphatic heterocycles. The average Bonchev–Trinajstić information content (AvgIpc) is 2.69. The second kappa shape index (κ2) is 12.3. The Balaban J connectivity index is 0.00000392. The van der Waals surface area contributed by atoms with Crippen molar-refractivity contribution in [2.24, 2.45) is 4.99 Å². The summed E-state index contributed by atoms with van der Waals surface area (Å²) in [6.07, 6.45) is 1.82. The lowest BCUT2D eigenvalue weighted by molar-refractivity contribution is 0.321. The molecular formula is C20H29IN4O3. The highest BCUT2D eigenvalue weighted by molar-refractivity contribution is 14.0. The maximum Gasteiger partial charge on any atom is 0.191 e. The van der Waals surface area contributed by atoms with Crippen molar-refractivity contribution in [3.8, 4) is 17.2 Å². The van der Waals surface area contributed by atoms with Crippen LogP contribution in [0.15, 0.2) is 35.5 Å². The lowest BCUT2D eigenvalue weighted by Crippen LogP contribution is -2.39. The molecule has 1 aromatic heterocycles. The third-order valence-electron chi connectivity index (χ3n) is 4.12. The van der Waals surface area contributed by atoms with Crippen LogP contribution in [-0.2, 0) is 6.54 Å². The number of methoxy groups -OCH3 is 2. The number of halogens is 1. The first-order chi connectivity index (χ1) is 13.1. The van der Waals surface area contributed by atoms with E-state index >= 15 is 0 Å². The molecule has 2 rings (SSSR count). The third kappa shape index (κ3) is 6.74. The van der Waals surface area contributed by atoms with Crippen molar-refractivity contribution in [2.45, 2.75) is 20.4 Å². The molecule has 0 atom stereocenters. The first kappa shape index (κ1) is 23.8. The zero-order valence-corrected chi connectivity index (χ0v) is 19.4. The standard InChI is InChI=1S/C20H28N4O3.HI/c1-14-12-23-18(15(2)19(14)26-5)13-24-20(21-3)22-10-11-27-17-8-6-16(25-4)7-9-17;/h6-9,12H,10-11,13H2,1-5H3,(H2,21,22,24);1H. The van der Waals surface area contributed by atoms with E-state index in [9.17, 15) is 0 Å². The van der Waals surface area contributed by atoms with Gasteiger partial charge < -0.3 is 24.8 Å². The Morgan fingerprint density at radius 1 is 1.04 bits per heavy atom. The minimum atomic E-state index is 0. The van der Waals surface area contributed by atoms with E-state index in [4.69, 9.17) is 14.2 Å². The number of hydrogen-bond acceptors (Lipinski definition) is 5. The predicted octanol–water partition coefficient (Wildman–Crippen LogP) is 3.08. The van der Waals surface area contributed by atoms with Gasteiger partial charge in [0, 0.05) is 24.4 Å². The number of aromatic nitrogens is 1. The zero-order valence-electron chi connectivity index (χ0n) is 17.0. The molecule has 2 aromatic rings. The number of nitrogens with zero attached hydrogens (tertiary/aromatic N) is 2. The van der Waals surface area contributed by atoms with Crippen molar-refractivity contribution >= 4 is 29.9 Å². The summed E-state index contributed by atoms with van der Waals surface area (Å²) < 4.78 is 16.3. The minimum Gasteiger partial charge on any atom is -0.497 e. The second-order valence-corrected chi connectivity index (χ2v) is 5.92. The monoisotopic (exact) mass is 500 g/mol. The molecule has 0 spiro atoms. The number of ether oxygens (including phenoxy) is 3. The molecule has 1 heterocycles. The number of rotatable bonds is 8. The highest BCUT2D eigenvalue weighted by Gasteiger charge is 2.09. The molecule has 0 aliphatic rings. The van der Waals surface area contributed by atoms with Gasteiger partial charge in [0.1, 0.15) is 23.9 Å². The van der Waals surface area contributed by atoms with Crippen LogP contribution in [0.3, 0.4) is 0 Å². The zero-order chi connectivity index (χ0) is 19.6. The summed E-state index contributed by atoms with van der Waals surface area (Å²) in [4.78, 5) is 8.71. The number of benzene rings is 1. The normalized spacial score (nSPS) is 10.7. The maximum atomic E-state index is 5.70. The summed E-state index contributed by atoms with van der Waals surface area (Å²) >= 11 is 0. The Kier molecular flexibility index (Phi) is 10.4. The highest BCUT2D eigenvalue weighted by atomic mass is 127. The SMILES string of the molecule is CN=C(NCCOc1ccc(OC)cc1)NCc1ncc(C)c(OC)c1C.I. The summed E-state index contributed by atoms with van der Waals surface area (Å²) in [5.41, 5.74) is 2.98. The fourth-order valence-corrected chi connectivity index (χ4v) is 2.65. The molecule has 28 heavy (non-hydrogen) atoms. The van der Waals surface area contributed by atoms with E-state index in [1.807, 2.05) is 44.3 Å². The molecule has 0 amide bonds. The number of pyridine rings is 1. The van der Waals surface area contributed by atoms with E-state index in [1.165, 1.54) is 0 Å². The van der Waals surface area contributed by atoms with Crippen molar-refractivity contribution in [3.63, 3.8) is 0 Å². The van der Waals surface area contributed by atoms with Gasteiger partial charge >= 0.3 is 0 Å². The van der Waals surface area contributed by atoms with Crippen molar-refractivity contribution < 1.29 is 14.2 Å². The van der Waals surface area contributed by atoms with E-state index in [2.05, 4.69) is 20.6 Å². The van der Waals surface area contributed by atoms with Crippen LogP contribution in [0, 0.1) is 13.8 Å². The van der Waals surface area contributed by atoms with Gasteiger partial charge in [0.25, 0.3) is 0 Å². The molecule has 0 bridgehead atoms. The Labute approximate surface area is 183 Å². The molecule has 2 N–H and O–H groups in total. The molecule has 0 unspecified atom stereocenters. The van der Waals surface area contributed by atoms with Gasteiger partial charge in [-0.25, -0.2) is 0 Å². The number of aryl methyl sites for hydroxylation is 1. The van der Waals surface area contributed by atoms with Crippen LogP contribution in [0.4, 0.5) is 0 Å². The van der Waals surface area contributed by atoms with Crippen LogP contribution >= 0.6 is 24.0 Å². The minimum absolute atomic E-state index is 0. The van der Waals surface area contributed by atoms with Gasteiger partial charge in [-0.3, -0.25) is 9.98 Å². The number of hydrogen-bond donors (Lipinski definition) is 2. The maximum absolute atomic E-state index is 5.70. The first-order valence-electron chi connectivity index (χ1n) is 8.79. The third-order valence-corrected chi connectivity index (χ3v) is 4.12. The predicted molar refractivity (Wildman–Crippen MR) is 122 cm³/mol. The lowest BCUT2D eigenvalue weighted by Gasteiger charge is -2.15. The Morgan fingerprint density at radius 3 is 2.32 bits per heavy atom. The second-order valence-electron chi connectivity index (χ2n) is 5.92. The van der Waals surface area contributed by atoms with E-state index in [-0.39, 0.29) is 24.0 Å². The first-order valence-corrected chi connectivity index (χ1v) is 8.79. The number of nitrogens with one attached hydrogen (secondary N) is 2. The van der Waals surface area contributed by atoms with Gasteiger partial charge in [-0.05, 0) is 38.1 Å². The van der Waals surface area contributed by atoms with Gasteiger partial charge in [-0.1, -0.05) is 0 Å². The lowest BCUT2D eigenvalue weighted by atomic mass is 10.1. The van der Waals surface area contributed by atoms with Crippen LogP contribution in [0.5, 0.6) is 17.2 Å². The molecule has 0 saturated heterocycles. The van der Waals surface area contributed by atoms with Crippen molar-refractivity contribution in [1.82, 2.24) is 15.6 Å². The van der Waals surface area contributed by atoms with Crippen molar-refractivity contribution in [1.29, 1.82) is 0 Å². The number of guanidine groups is 1. The summed E-state index contributed by atoms with van der Waals surface area (Å²) in [7, 11) is 5.05. The van der Waals surface area contributed by atoms with Gasteiger partial charge in [-0.2, -0.15) is 0 Å². The van der Waals surface area contributed by atoms with E-state index in [0.29, 0.717) is 25.7 Å². The van der Waals surface area contributed by atoms with E-state index in [0.717, 1.165) is 34.1 Å². The van der Waals surface area contributed by atoms with Gasteiger partial charge in [0.05, 0.1) is 33.0 Å². The summed E-state index contributed by atoms with van der Waals surface area (Å²) in [6.45, 7) is 5.69. The smallest absolute Gasteiger partial charge is 0.191 e. The van der Waals surface area contributed by atoms with Gasteiger partial charge in [-0.15, -0.1) is 24.0 Å². The summed E-state index contributed by atoms with van der Waals surface area (Å²) in [6, 6.07) is 7.50. The van der Waals surface area contributed by atoms with Crippen LogP contribution in [0.25, 0.3) is 0 Å². The molecule has 7 nitrogen and oxygen atoms in total. The highest BCUT2D eigenvalue weighted by Crippen LogP contribution is 2.23. The molecule has 0 aliphatic carbocycles. The number of aliphatic imine (C=N–C) groups is 1.